The highest BCUT2D eigenvalue weighted by Gasteiger charge is 2.18. The number of aromatic amines is 3. The van der Waals surface area contributed by atoms with Crippen molar-refractivity contribution in [1.29, 1.82) is 0 Å². The summed E-state index contributed by atoms with van der Waals surface area (Å²) in [6.07, 6.45) is 5.30. The summed E-state index contributed by atoms with van der Waals surface area (Å²) < 4.78 is 0.712. The topological polar surface area (TPSA) is 112 Å². The molecule has 10 heteroatoms. The number of hydrogen-bond donors (Lipinski definition) is 3. The van der Waals surface area contributed by atoms with Crippen molar-refractivity contribution < 1.29 is 0 Å². The lowest BCUT2D eigenvalue weighted by Crippen LogP contribution is -1.86. The van der Waals surface area contributed by atoms with E-state index >= 15 is 0 Å². The van der Waals surface area contributed by atoms with E-state index in [1.807, 2.05) is 30.3 Å². The van der Waals surface area contributed by atoms with Gasteiger partial charge in [0.1, 0.15) is 16.7 Å². The average Bonchev–Trinajstić information content (AvgIpc) is 3.51. The number of aromatic nitrogens is 8. The van der Waals surface area contributed by atoms with E-state index in [2.05, 4.69) is 30.4 Å². The Morgan fingerprint density at radius 3 is 2.69 bits per heavy atom. The van der Waals surface area contributed by atoms with Crippen LogP contribution in [0.15, 0.2) is 48.9 Å². The molecule has 6 aromatic rings. The number of halogens is 1. The molecule has 29 heavy (non-hydrogen) atoms. The predicted molar refractivity (Wildman–Crippen MR) is 113 cm³/mol. The molecule has 0 aliphatic carbocycles. The third-order valence-electron chi connectivity index (χ3n) is 4.63. The molecule has 8 nitrogen and oxygen atoms in total. The monoisotopic (exact) mass is 418 g/mol. The molecule has 0 radical (unpaired) electrons. The van der Waals surface area contributed by atoms with Crippen molar-refractivity contribution >= 4 is 45.0 Å². The number of H-pyrrole nitrogens is 3. The molecule has 0 atom stereocenters. The highest BCUT2D eigenvalue weighted by Crippen LogP contribution is 2.34. The molecule has 0 aromatic carbocycles. The molecule has 0 unspecified atom stereocenters. The maximum absolute atomic E-state index is 6.10. The summed E-state index contributed by atoms with van der Waals surface area (Å²) in [7, 11) is 0. The molecule has 0 bridgehead atoms. The Hall–Kier alpha value is -3.56. The average molecular weight is 419 g/mol. The van der Waals surface area contributed by atoms with Crippen LogP contribution in [0.5, 0.6) is 0 Å². The third-order valence-corrected chi connectivity index (χ3v) is 5.87. The van der Waals surface area contributed by atoms with Crippen LogP contribution in [0.3, 0.4) is 0 Å². The molecule has 0 amide bonds. The Balaban J connectivity index is 1.53. The first-order valence-electron chi connectivity index (χ1n) is 8.71. The number of nitrogens with one attached hydrogen (secondary N) is 3. The van der Waals surface area contributed by atoms with Gasteiger partial charge in [-0.3, -0.25) is 15.2 Å². The van der Waals surface area contributed by atoms with Crippen molar-refractivity contribution in [3.63, 3.8) is 0 Å². The van der Waals surface area contributed by atoms with Crippen LogP contribution in [-0.4, -0.2) is 40.3 Å². The summed E-state index contributed by atoms with van der Waals surface area (Å²) in [4.78, 5) is 18.4. The summed E-state index contributed by atoms with van der Waals surface area (Å²) in [6, 6.07) is 9.58. The lowest BCUT2D eigenvalue weighted by atomic mass is 10.2. The first kappa shape index (κ1) is 16.4. The highest BCUT2D eigenvalue weighted by molar-refractivity contribution is 7.19. The molecule has 0 aliphatic rings. The quantitative estimate of drug-likeness (QED) is 0.386. The summed E-state index contributed by atoms with van der Waals surface area (Å²) in [5.41, 5.74) is 6.35. The zero-order chi connectivity index (χ0) is 19.4. The number of pyridine rings is 2. The lowest BCUT2D eigenvalue weighted by Gasteiger charge is -1.97. The molecule has 0 saturated carbocycles. The van der Waals surface area contributed by atoms with Gasteiger partial charge in [-0.1, -0.05) is 11.6 Å². The van der Waals surface area contributed by atoms with Gasteiger partial charge in [-0.2, -0.15) is 10.2 Å². The molecular formula is C19H11ClN8S. The Morgan fingerprint density at radius 2 is 1.86 bits per heavy atom. The van der Waals surface area contributed by atoms with Gasteiger partial charge in [-0.05, 0) is 30.3 Å². The molecule has 6 aromatic heterocycles. The van der Waals surface area contributed by atoms with E-state index in [9.17, 15) is 0 Å². The first-order chi connectivity index (χ1) is 14.3. The Bertz CT molecular complexity index is 1480. The van der Waals surface area contributed by atoms with Crippen molar-refractivity contribution in [3.05, 3.63) is 53.3 Å². The van der Waals surface area contributed by atoms with Gasteiger partial charge >= 0.3 is 0 Å². The fourth-order valence-electron chi connectivity index (χ4n) is 3.29. The number of imidazole rings is 1. The molecule has 6 heterocycles. The van der Waals surface area contributed by atoms with Crippen LogP contribution >= 0.6 is 22.9 Å². The van der Waals surface area contributed by atoms with Crippen molar-refractivity contribution in [1.82, 2.24) is 40.3 Å². The normalized spacial score (nSPS) is 11.6. The number of rotatable bonds is 3. The number of hydrogen-bond acceptors (Lipinski definition) is 6. The summed E-state index contributed by atoms with van der Waals surface area (Å²) in [5, 5.41) is 14.3. The SMILES string of the molecule is Clc1ccc(-c2nccc3[nH]c(-c4n[nH]c5ccc(-c6cn[nH]c6)nc45)nc23)s1. The molecule has 0 saturated heterocycles. The van der Waals surface area contributed by atoms with Gasteiger partial charge in [0.2, 0.25) is 0 Å². The van der Waals surface area contributed by atoms with Crippen LogP contribution in [0.25, 0.3) is 55.4 Å². The minimum Gasteiger partial charge on any atom is -0.336 e. The van der Waals surface area contributed by atoms with Crippen LogP contribution < -0.4 is 0 Å². The molecule has 0 spiro atoms. The van der Waals surface area contributed by atoms with E-state index in [1.165, 1.54) is 11.3 Å². The maximum atomic E-state index is 6.10. The van der Waals surface area contributed by atoms with E-state index in [1.54, 1.807) is 18.6 Å². The molecule has 0 aliphatic heterocycles. The van der Waals surface area contributed by atoms with E-state index < -0.39 is 0 Å². The fourth-order valence-corrected chi connectivity index (χ4v) is 4.33. The van der Waals surface area contributed by atoms with E-state index in [0.29, 0.717) is 15.9 Å². The van der Waals surface area contributed by atoms with Crippen LogP contribution in [0, 0.1) is 0 Å². The highest BCUT2D eigenvalue weighted by atomic mass is 35.5. The molecule has 140 valence electrons. The smallest absolute Gasteiger partial charge is 0.161 e. The molecule has 6 rings (SSSR count). The van der Waals surface area contributed by atoms with E-state index in [4.69, 9.17) is 21.6 Å². The Morgan fingerprint density at radius 1 is 0.931 bits per heavy atom. The van der Waals surface area contributed by atoms with Crippen molar-refractivity contribution in [3.8, 4) is 33.3 Å². The fraction of sp³-hybridized carbons (Fsp3) is 0. The largest absolute Gasteiger partial charge is 0.336 e. The number of nitrogens with zero attached hydrogens (tertiary/aromatic N) is 5. The van der Waals surface area contributed by atoms with E-state index in [-0.39, 0.29) is 0 Å². The van der Waals surface area contributed by atoms with Gasteiger partial charge < -0.3 is 4.98 Å². The standard InChI is InChI=1S/C19H11ClN8S/c20-14-4-3-13(29-14)17-15-11(5-6-21-17)25-19(26-15)18-16-12(27-28-18)2-1-10(24-16)9-7-22-23-8-9/h1-8H,(H,22,23)(H,25,26)(H,27,28). The Labute approximate surface area is 172 Å². The maximum Gasteiger partial charge on any atom is 0.161 e. The lowest BCUT2D eigenvalue weighted by molar-refractivity contribution is 1.09. The van der Waals surface area contributed by atoms with Gasteiger partial charge in [0.25, 0.3) is 0 Å². The minimum atomic E-state index is 0.625. The zero-order valence-corrected chi connectivity index (χ0v) is 16.2. The molecule has 0 fully saturated rings. The predicted octanol–water partition coefficient (Wildman–Crippen LogP) is 4.67. The Kier molecular flexibility index (Phi) is 3.52. The third kappa shape index (κ3) is 2.63. The van der Waals surface area contributed by atoms with Crippen molar-refractivity contribution in [2.75, 3.05) is 0 Å². The number of fused-ring (bicyclic) bond motifs is 2. The zero-order valence-electron chi connectivity index (χ0n) is 14.6. The summed E-state index contributed by atoms with van der Waals surface area (Å²) in [5.74, 6) is 0.625. The van der Waals surface area contributed by atoms with Gasteiger partial charge in [-0.15, -0.1) is 11.3 Å². The van der Waals surface area contributed by atoms with Crippen molar-refractivity contribution in [2.45, 2.75) is 0 Å². The molecule has 3 N–H and O–H groups in total. The van der Waals surface area contributed by atoms with Crippen LogP contribution in [0.4, 0.5) is 0 Å². The van der Waals surface area contributed by atoms with Crippen LogP contribution in [-0.2, 0) is 0 Å². The number of thiophene rings is 1. The van der Waals surface area contributed by atoms with E-state index in [0.717, 1.165) is 43.9 Å². The van der Waals surface area contributed by atoms with Gasteiger partial charge in [-0.25, -0.2) is 9.97 Å². The van der Waals surface area contributed by atoms with Gasteiger partial charge in [0.05, 0.1) is 32.1 Å². The second-order valence-corrected chi connectivity index (χ2v) is 8.11. The second kappa shape index (κ2) is 6.23. The minimum absolute atomic E-state index is 0.625. The molecular weight excluding hydrogens is 408 g/mol. The summed E-state index contributed by atoms with van der Waals surface area (Å²) in [6.45, 7) is 0. The van der Waals surface area contributed by atoms with Gasteiger partial charge in [0, 0.05) is 18.0 Å². The van der Waals surface area contributed by atoms with Gasteiger partial charge in [0.15, 0.2) is 11.5 Å². The van der Waals surface area contributed by atoms with Crippen LogP contribution in [0.1, 0.15) is 0 Å². The van der Waals surface area contributed by atoms with Crippen LogP contribution in [0.2, 0.25) is 4.34 Å². The van der Waals surface area contributed by atoms with Crippen molar-refractivity contribution in [2.24, 2.45) is 0 Å². The second-order valence-electron chi connectivity index (χ2n) is 6.40. The summed E-state index contributed by atoms with van der Waals surface area (Å²) >= 11 is 7.58. The first-order valence-corrected chi connectivity index (χ1v) is 9.91.